The molecule has 1 aliphatic rings. The fourth-order valence-corrected chi connectivity index (χ4v) is 1.95. The van der Waals surface area contributed by atoms with Crippen molar-refractivity contribution >= 4 is 5.97 Å². The molecule has 2 rings (SSSR count). The van der Waals surface area contributed by atoms with Gasteiger partial charge >= 0.3 is 5.97 Å². The third-order valence-electron chi connectivity index (χ3n) is 3.27. The Hall–Kier alpha value is -1.32. The van der Waals surface area contributed by atoms with Gasteiger partial charge in [0.25, 0.3) is 0 Å². The summed E-state index contributed by atoms with van der Waals surface area (Å²) in [6, 6.07) is 1.70. The predicted molar refractivity (Wildman–Crippen MR) is 60.6 cm³/mol. The average Bonchev–Trinajstić information content (AvgIpc) is 2.55. The van der Waals surface area contributed by atoms with E-state index in [4.69, 9.17) is 5.11 Å². The fraction of sp³-hybridized carbons (Fsp3) is 0.667. The van der Waals surface area contributed by atoms with Gasteiger partial charge < -0.3 is 5.11 Å². The zero-order valence-electron chi connectivity index (χ0n) is 9.81. The molecule has 4 heteroatoms. The van der Waals surface area contributed by atoms with E-state index in [1.54, 1.807) is 10.7 Å². The number of nitrogens with zero attached hydrogens (tertiary/aromatic N) is 2. The molecular weight excluding hydrogens is 204 g/mol. The summed E-state index contributed by atoms with van der Waals surface area (Å²) in [6.07, 6.45) is 3.68. The van der Waals surface area contributed by atoms with Gasteiger partial charge in [-0.05, 0) is 30.7 Å². The lowest BCUT2D eigenvalue weighted by Crippen LogP contribution is -2.21. The van der Waals surface area contributed by atoms with E-state index < -0.39 is 5.97 Å². The fourth-order valence-electron chi connectivity index (χ4n) is 1.95. The van der Waals surface area contributed by atoms with Crippen LogP contribution in [-0.2, 0) is 6.54 Å². The van der Waals surface area contributed by atoms with Crippen molar-refractivity contribution in [3.8, 4) is 0 Å². The molecule has 1 aromatic rings. The summed E-state index contributed by atoms with van der Waals surface area (Å²) < 4.78 is 1.67. The number of carbonyl (C=O) groups is 1. The maximum Gasteiger partial charge on any atom is 0.354 e. The Morgan fingerprint density at radius 1 is 1.62 bits per heavy atom. The summed E-state index contributed by atoms with van der Waals surface area (Å²) in [5, 5.41) is 13.5. The van der Waals surface area contributed by atoms with Crippen LogP contribution in [0.2, 0.25) is 0 Å². The molecule has 0 aromatic carbocycles. The first-order chi connectivity index (χ1) is 7.58. The Bertz CT molecular complexity index is 392. The zero-order valence-corrected chi connectivity index (χ0v) is 9.81. The van der Waals surface area contributed by atoms with E-state index in [9.17, 15) is 4.79 Å². The Kier molecular flexibility index (Phi) is 2.99. The second-order valence-electron chi connectivity index (χ2n) is 4.89. The quantitative estimate of drug-likeness (QED) is 0.851. The van der Waals surface area contributed by atoms with Crippen LogP contribution in [0, 0.1) is 5.92 Å². The number of carboxylic acid groups (broad SMARTS) is 1. The van der Waals surface area contributed by atoms with Crippen molar-refractivity contribution in [2.75, 3.05) is 0 Å². The minimum Gasteiger partial charge on any atom is -0.477 e. The molecule has 0 unspecified atom stereocenters. The molecule has 4 nitrogen and oxygen atoms in total. The number of carboxylic acids is 1. The molecule has 1 N–H and O–H groups in total. The van der Waals surface area contributed by atoms with Crippen LogP contribution in [0.4, 0.5) is 0 Å². The largest absolute Gasteiger partial charge is 0.477 e. The first-order valence-corrected chi connectivity index (χ1v) is 5.89. The summed E-state index contributed by atoms with van der Waals surface area (Å²) in [5.41, 5.74) is 1.20. The monoisotopic (exact) mass is 222 g/mol. The molecule has 0 amide bonds. The summed E-state index contributed by atoms with van der Waals surface area (Å²) in [6.45, 7) is 4.82. The van der Waals surface area contributed by atoms with Crippen LogP contribution in [0.15, 0.2) is 6.07 Å². The molecule has 0 saturated heterocycles. The maximum absolute atomic E-state index is 11.1. The van der Waals surface area contributed by atoms with Gasteiger partial charge in [-0.3, -0.25) is 4.68 Å². The summed E-state index contributed by atoms with van der Waals surface area (Å²) in [7, 11) is 0. The van der Waals surface area contributed by atoms with Crippen LogP contribution >= 0.6 is 0 Å². The second kappa shape index (κ2) is 4.28. The minimum absolute atomic E-state index is 0.278. The summed E-state index contributed by atoms with van der Waals surface area (Å²) in [5.74, 6) is 0.0254. The summed E-state index contributed by atoms with van der Waals surface area (Å²) >= 11 is 0. The molecule has 0 radical (unpaired) electrons. The van der Waals surface area contributed by atoms with Gasteiger partial charge in [0.1, 0.15) is 5.69 Å². The first kappa shape index (κ1) is 11.2. The van der Waals surface area contributed by atoms with E-state index in [0.29, 0.717) is 11.6 Å². The van der Waals surface area contributed by atoms with Crippen LogP contribution in [0.25, 0.3) is 0 Å². The molecule has 88 valence electrons. The number of aromatic nitrogens is 2. The van der Waals surface area contributed by atoms with Crippen molar-refractivity contribution in [3.63, 3.8) is 0 Å². The van der Waals surface area contributed by atoms with Gasteiger partial charge in [0.05, 0.1) is 5.69 Å². The van der Waals surface area contributed by atoms with Crippen LogP contribution in [0.3, 0.4) is 0 Å². The van der Waals surface area contributed by atoms with Gasteiger partial charge in [0.15, 0.2) is 0 Å². The van der Waals surface area contributed by atoms with Crippen molar-refractivity contribution in [1.82, 2.24) is 9.78 Å². The van der Waals surface area contributed by atoms with Crippen LogP contribution in [0.1, 0.15) is 55.2 Å². The predicted octanol–water partition coefficient (Wildman–Crippen LogP) is 2.50. The number of rotatable bonds is 4. The number of aromatic carboxylic acids is 1. The summed E-state index contributed by atoms with van der Waals surface area (Å²) in [4.78, 5) is 11.1. The zero-order chi connectivity index (χ0) is 11.7. The Balaban J connectivity index is 2.22. The molecule has 1 aromatic heterocycles. The van der Waals surface area contributed by atoms with Crippen molar-refractivity contribution in [3.05, 3.63) is 17.5 Å². The van der Waals surface area contributed by atoms with Crippen LogP contribution < -0.4 is 0 Å². The molecule has 0 atom stereocenters. The number of hydrogen-bond acceptors (Lipinski definition) is 2. The highest BCUT2D eigenvalue weighted by Gasteiger charge is 2.22. The van der Waals surface area contributed by atoms with Gasteiger partial charge in [-0.1, -0.05) is 20.3 Å². The van der Waals surface area contributed by atoms with Gasteiger partial charge in [0, 0.05) is 6.54 Å². The van der Waals surface area contributed by atoms with Crippen molar-refractivity contribution in [2.45, 2.75) is 45.6 Å². The Morgan fingerprint density at radius 2 is 2.31 bits per heavy atom. The standard InChI is InChI=1S/C12H18N2O2/c1-8(2)10-6-11(12(15)16)14(13-10)7-9-4-3-5-9/h6,8-9H,3-5,7H2,1-2H3,(H,15,16). The van der Waals surface area contributed by atoms with E-state index in [2.05, 4.69) is 5.10 Å². The molecule has 16 heavy (non-hydrogen) atoms. The van der Waals surface area contributed by atoms with Crippen molar-refractivity contribution in [2.24, 2.45) is 5.92 Å². The van der Waals surface area contributed by atoms with E-state index >= 15 is 0 Å². The molecule has 0 bridgehead atoms. The van der Waals surface area contributed by atoms with E-state index in [1.807, 2.05) is 13.8 Å². The SMILES string of the molecule is CC(C)c1cc(C(=O)O)n(CC2CCC2)n1. The Labute approximate surface area is 95.3 Å². The molecule has 1 heterocycles. The molecule has 0 aliphatic heterocycles. The first-order valence-electron chi connectivity index (χ1n) is 5.89. The van der Waals surface area contributed by atoms with Crippen LogP contribution in [0.5, 0.6) is 0 Å². The highest BCUT2D eigenvalue weighted by Crippen LogP contribution is 2.28. The minimum atomic E-state index is -0.876. The van der Waals surface area contributed by atoms with Gasteiger partial charge in [-0.25, -0.2) is 4.79 Å². The maximum atomic E-state index is 11.1. The highest BCUT2D eigenvalue weighted by molar-refractivity contribution is 5.85. The molecule has 1 fully saturated rings. The van der Waals surface area contributed by atoms with E-state index in [-0.39, 0.29) is 5.92 Å². The lowest BCUT2D eigenvalue weighted by atomic mass is 9.85. The smallest absolute Gasteiger partial charge is 0.354 e. The van der Waals surface area contributed by atoms with Gasteiger partial charge in [-0.15, -0.1) is 0 Å². The highest BCUT2D eigenvalue weighted by atomic mass is 16.4. The lowest BCUT2D eigenvalue weighted by Gasteiger charge is -2.25. The topological polar surface area (TPSA) is 55.1 Å². The lowest BCUT2D eigenvalue weighted by molar-refractivity contribution is 0.0680. The van der Waals surface area contributed by atoms with Crippen molar-refractivity contribution in [1.29, 1.82) is 0 Å². The molecule has 0 spiro atoms. The number of hydrogen-bond donors (Lipinski definition) is 1. The normalized spacial score (nSPS) is 16.4. The van der Waals surface area contributed by atoms with E-state index in [1.165, 1.54) is 19.3 Å². The average molecular weight is 222 g/mol. The Morgan fingerprint density at radius 3 is 2.75 bits per heavy atom. The molecule has 1 saturated carbocycles. The molecule has 1 aliphatic carbocycles. The molecular formula is C12H18N2O2. The third-order valence-corrected chi connectivity index (χ3v) is 3.27. The van der Waals surface area contributed by atoms with Crippen LogP contribution in [-0.4, -0.2) is 20.9 Å². The second-order valence-corrected chi connectivity index (χ2v) is 4.89. The third kappa shape index (κ3) is 2.10. The van der Waals surface area contributed by atoms with E-state index in [0.717, 1.165) is 12.2 Å². The van der Waals surface area contributed by atoms with Gasteiger partial charge in [-0.2, -0.15) is 5.10 Å². The van der Waals surface area contributed by atoms with Gasteiger partial charge in [0.2, 0.25) is 0 Å². The van der Waals surface area contributed by atoms with Crippen molar-refractivity contribution < 1.29 is 9.90 Å².